The van der Waals surface area contributed by atoms with E-state index in [2.05, 4.69) is 5.10 Å². The van der Waals surface area contributed by atoms with E-state index in [-0.39, 0.29) is 11.9 Å². The molecule has 3 heterocycles. The van der Waals surface area contributed by atoms with Crippen molar-refractivity contribution in [2.45, 2.75) is 25.4 Å². The van der Waals surface area contributed by atoms with E-state index in [0.29, 0.717) is 20.8 Å². The highest BCUT2D eigenvalue weighted by Crippen LogP contribution is 2.33. The van der Waals surface area contributed by atoms with E-state index in [1.165, 1.54) is 11.3 Å². The van der Waals surface area contributed by atoms with Crippen LogP contribution in [0.1, 0.15) is 23.2 Å². The maximum atomic E-state index is 12.6. The lowest BCUT2D eigenvalue weighted by atomic mass is 10.2. The highest BCUT2D eigenvalue weighted by Gasteiger charge is 2.31. The van der Waals surface area contributed by atoms with Crippen LogP contribution in [-0.4, -0.2) is 33.2 Å². The minimum atomic E-state index is -0.0344. The number of rotatable bonds is 3. The van der Waals surface area contributed by atoms with Crippen LogP contribution in [0, 0.1) is 0 Å². The predicted octanol–water partition coefficient (Wildman–Crippen LogP) is 3.56. The largest absolute Gasteiger partial charge is 0.334 e. The fourth-order valence-corrected chi connectivity index (χ4v) is 4.01. The zero-order chi connectivity index (χ0) is 14.1. The fraction of sp³-hybridized carbons (Fsp3) is 0.385. The Morgan fingerprint density at radius 2 is 2.35 bits per heavy atom. The van der Waals surface area contributed by atoms with Gasteiger partial charge in [-0.2, -0.15) is 5.10 Å². The Kier molecular flexibility index (Phi) is 4.01. The topological polar surface area (TPSA) is 38.1 Å². The Hall–Kier alpha value is -1.04. The second kappa shape index (κ2) is 5.76. The first-order valence-corrected chi connectivity index (χ1v) is 7.95. The molecular weight excluding hydrogens is 317 g/mol. The summed E-state index contributed by atoms with van der Waals surface area (Å²) in [7, 11) is 0. The summed E-state index contributed by atoms with van der Waals surface area (Å²) in [5.74, 6) is -0.0344. The molecule has 0 bridgehead atoms. The summed E-state index contributed by atoms with van der Waals surface area (Å²) in [6, 6.07) is 3.70. The van der Waals surface area contributed by atoms with Gasteiger partial charge in [0, 0.05) is 18.9 Å². The Balaban J connectivity index is 1.78. The van der Waals surface area contributed by atoms with Gasteiger partial charge in [-0.15, -0.1) is 11.3 Å². The van der Waals surface area contributed by atoms with Gasteiger partial charge in [0.25, 0.3) is 5.91 Å². The molecule has 2 aromatic heterocycles. The molecule has 0 saturated carbocycles. The van der Waals surface area contributed by atoms with E-state index in [4.69, 9.17) is 23.2 Å². The van der Waals surface area contributed by atoms with Gasteiger partial charge in [-0.1, -0.05) is 23.2 Å². The molecular formula is C13H13Cl2N3OS. The molecule has 1 atom stereocenters. The summed E-state index contributed by atoms with van der Waals surface area (Å²) < 4.78 is 2.87. The van der Waals surface area contributed by atoms with Crippen molar-refractivity contribution in [2.24, 2.45) is 0 Å². The fourth-order valence-electron chi connectivity index (χ4n) is 2.56. The molecule has 0 N–H and O–H groups in total. The van der Waals surface area contributed by atoms with Crippen LogP contribution >= 0.6 is 34.5 Å². The Labute approximate surface area is 130 Å². The Morgan fingerprint density at radius 3 is 3.00 bits per heavy atom. The van der Waals surface area contributed by atoms with E-state index in [0.717, 1.165) is 19.4 Å². The quantitative estimate of drug-likeness (QED) is 0.863. The van der Waals surface area contributed by atoms with Crippen molar-refractivity contribution in [2.75, 3.05) is 6.54 Å². The van der Waals surface area contributed by atoms with Gasteiger partial charge in [0.2, 0.25) is 0 Å². The number of carbonyl (C=O) groups excluding carboxylic acids is 1. The average Bonchev–Trinajstić information content (AvgIpc) is 3.11. The zero-order valence-electron chi connectivity index (χ0n) is 10.6. The summed E-state index contributed by atoms with van der Waals surface area (Å²) in [4.78, 5) is 14.5. The Bertz CT molecular complexity index is 611. The van der Waals surface area contributed by atoms with E-state index >= 15 is 0 Å². The molecule has 1 saturated heterocycles. The molecule has 1 aliphatic rings. The number of hydrogen-bond acceptors (Lipinski definition) is 3. The SMILES string of the molecule is O=C(c1cc(Cl)sc1Cl)N1CCC[C@@H]1Cn1cccn1. The molecule has 1 amide bonds. The minimum absolute atomic E-state index is 0.0344. The van der Waals surface area contributed by atoms with Crippen molar-refractivity contribution in [3.8, 4) is 0 Å². The summed E-state index contributed by atoms with van der Waals surface area (Å²) in [6.45, 7) is 1.47. The highest BCUT2D eigenvalue weighted by atomic mass is 35.5. The van der Waals surface area contributed by atoms with E-state index in [9.17, 15) is 4.79 Å². The summed E-state index contributed by atoms with van der Waals surface area (Å²) >= 11 is 13.2. The van der Waals surface area contributed by atoms with Crippen molar-refractivity contribution >= 4 is 40.4 Å². The van der Waals surface area contributed by atoms with Crippen LogP contribution in [0.4, 0.5) is 0 Å². The van der Waals surface area contributed by atoms with Gasteiger partial charge in [0.15, 0.2) is 0 Å². The van der Waals surface area contributed by atoms with Crippen LogP contribution in [0.25, 0.3) is 0 Å². The molecule has 1 fully saturated rings. The number of likely N-dealkylation sites (tertiary alicyclic amines) is 1. The Morgan fingerprint density at radius 1 is 1.50 bits per heavy atom. The van der Waals surface area contributed by atoms with Crippen LogP contribution < -0.4 is 0 Å². The van der Waals surface area contributed by atoms with Gasteiger partial charge in [0.1, 0.15) is 4.34 Å². The standard InChI is InChI=1S/C13H13Cl2N3OS/c14-11-7-10(12(15)20-11)13(19)18-6-1-3-9(18)8-17-5-2-4-16-17/h2,4-5,7,9H,1,3,6,8H2/t9-/m1/s1. The average molecular weight is 330 g/mol. The van der Waals surface area contributed by atoms with Gasteiger partial charge >= 0.3 is 0 Å². The molecule has 2 aromatic rings. The lowest BCUT2D eigenvalue weighted by Crippen LogP contribution is -2.38. The van der Waals surface area contributed by atoms with Crippen molar-refractivity contribution < 1.29 is 4.79 Å². The molecule has 0 radical (unpaired) electrons. The first kappa shape index (κ1) is 13.9. The molecule has 1 aliphatic heterocycles. The maximum absolute atomic E-state index is 12.6. The second-order valence-electron chi connectivity index (χ2n) is 4.76. The third-order valence-electron chi connectivity index (χ3n) is 3.48. The van der Waals surface area contributed by atoms with Crippen LogP contribution in [0.2, 0.25) is 8.67 Å². The smallest absolute Gasteiger partial charge is 0.256 e. The van der Waals surface area contributed by atoms with Crippen molar-refractivity contribution in [1.29, 1.82) is 0 Å². The monoisotopic (exact) mass is 329 g/mol. The van der Waals surface area contributed by atoms with Gasteiger partial charge in [-0.25, -0.2) is 0 Å². The maximum Gasteiger partial charge on any atom is 0.256 e. The number of aromatic nitrogens is 2. The van der Waals surface area contributed by atoms with Gasteiger partial charge in [-0.3, -0.25) is 9.48 Å². The lowest BCUT2D eigenvalue weighted by Gasteiger charge is -2.24. The van der Waals surface area contributed by atoms with E-state index in [1.807, 2.05) is 21.8 Å². The molecule has 106 valence electrons. The number of halogens is 2. The van der Waals surface area contributed by atoms with Gasteiger partial charge in [0.05, 0.1) is 22.5 Å². The molecule has 0 aliphatic carbocycles. The number of nitrogens with zero attached hydrogens (tertiary/aromatic N) is 3. The molecule has 4 nitrogen and oxygen atoms in total. The third-order valence-corrected chi connectivity index (χ3v) is 4.97. The molecule has 20 heavy (non-hydrogen) atoms. The van der Waals surface area contributed by atoms with Crippen LogP contribution in [0.5, 0.6) is 0 Å². The zero-order valence-corrected chi connectivity index (χ0v) is 13.0. The summed E-state index contributed by atoms with van der Waals surface area (Å²) in [5.41, 5.74) is 0.508. The van der Waals surface area contributed by atoms with Crippen molar-refractivity contribution in [1.82, 2.24) is 14.7 Å². The summed E-state index contributed by atoms with van der Waals surface area (Å²) in [5, 5.41) is 4.20. The highest BCUT2D eigenvalue weighted by molar-refractivity contribution is 7.20. The van der Waals surface area contributed by atoms with Gasteiger partial charge < -0.3 is 4.90 Å². The number of carbonyl (C=O) groups is 1. The normalized spacial score (nSPS) is 18.7. The summed E-state index contributed by atoms with van der Waals surface area (Å²) in [6.07, 6.45) is 5.65. The minimum Gasteiger partial charge on any atom is -0.334 e. The lowest BCUT2D eigenvalue weighted by molar-refractivity contribution is 0.0722. The number of amides is 1. The second-order valence-corrected chi connectivity index (χ2v) is 7.05. The predicted molar refractivity (Wildman–Crippen MR) is 80.6 cm³/mol. The number of hydrogen-bond donors (Lipinski definition) is 0. The first-order valence-electron chi connectivity index (χ1n) is 6.38. The molecule has 3 rings (SSSR count). The van der Waals surface area contributed by atoms with Crippen molar-refractivity contribution in [3.63, 3.8) is 0 Å². The molecule has 0 aromatic carbocycles. The first-order chi connectivity index (χ1) is 9.65. The molecule has 7 heteroatoms. The van der Waals surface area contributed by atoms with Crippen LogP contribution in [0.15, 0.2) is 24.5 Å². The van der Waals surface area contributed by atoms with Crippen LogP contribution in [0.3, 0.4) is 0 Å². The van der Waals surface area contributed by atoms with Gasteiger partial charge in [-0.05, 0) is 25.0 Å². The third kappa shape index (κ3) is 2.71. The van der Waals surface area contributed by atoms with E-state index < -0.39 is 0 Å². The number of thiophene rings is 1. The van der Waals surface area contributed by atoms with Crippen LogP contribution in [-0.2, 0) is 6.54 Å². The van der Waals surface area contributed by atoms with Crippen molar-refractivity contribution in [3.05, 3.63) is 38.8 Å². The molecule has 0 unspecified atom stereocenters. The van der Waals surface area contributed by atoms with E-state index in [1.54, 1.807) is 12.3 Å². The molecule has 0 spiro atoms.